The number of ether oxygens (including phenoxy) is 2. The number of nitrogens with zero attached hydrogens (tertiary/aromatic N) is 1. The molecule has 1 amide bonds. The van der Waals surface area contributed by atoms with E-state index >= 15 is 0 Å². The summed E-state index contributed by atoms with van der Waals surface area (Å²) in [6, 6.07) is 0. The molecule has 1 aliphatic heterocycles. The molecule has 1 atom stereocenters. The van der Waals surface area contributed by atoms with Crippen LogP contribution in [0.25, 0.3) is 0 Å². The van der Waals surface area contributed by atoms with Crippen LogP contribution < -0.4 is 5.11 Å². The highest BCUT2D eigenvalue weighted by Crippen LogP contribution is 2.21. The van der Waals surface area contributed by atoms with Crippen molar-refractivity contribution in [3.05, 3.63) is 0 Å². The zero-order valence-electron chi connectivity index (χ0n) is 12.2. The van der Waals surface area contributed by atoms with E-state index in [9.17, 15) is 19.5 Å². The Kier molecular flexibility index (Phi) is 4.75. The topological polar surface area (TPSA) is 96.0 Å². The van der Waals surface area contributed by atoms with Crippen molar-refractivity contribution in [1.29, 1.82) is 0 Å². The molecular formula is C13H20NO6-. The molecule has 0 aromatic carbocycles. The summed E-state index contributed by atoms with van der Waals surface area (Å²) in [6.45, 7) is 6.31. The molecule has 0 aliphatic carbocycles. The monoisotopic (exact) mass is 286 g/mol. The maximum Gasteiger partial charge on any atom is 0.410 e. The third-order valence-electron chi connectivity index (χ3n) is 2.97. The molecule has 1 heterocycles. The Hall–Kier alpha value is -1.63. The van der Waals surface area contributed by atoms with E-state index in [-0.39, 0.29) is 26.1 Å². The first kappa shape index (κ1) is 16.4. The summed E-state index contributed by atoms with van der Waals surface area (Å²) in [6.07, 6.45) is -0.712. The molecular weight excluding hydrogens is 266 g/mol. The number of rotatable bonds is 2. The van der Waals surface area contributed by atoms with Crippen LogP contribution in [0.1, 0.15) is 34.1 Å². The van der Waals surface area contributed by atoms with Crippen molar-refractivity contribution >= 4 is 17.8 Å². The van der Waals surface area contributed by atoms with Gasteiger partial charge in [-0.2, -0.15) is 0 Å². The standard InChI is InChI=1S/C13H21NO6/c1-5-13(10(16)17)9(15)8-14(6-7-19-13)11(18)20-12(2,3)4/h5-8H2,1-4H3,(H,16,17)/p-1. The first-order valence-electron chi connectivity index (χ1n) is 6.49. The SMILES string of the molecule is CCC1(C(=O)[O-])OCCN(C(=O)OC(C)(C)C)CC1=O. The Morgan fingerprint density at radius 3 is 2.50 bits per heavy atom. The molecule has 1 rings (SSSR count). The summed E-state index contributed by atoms with van der Waals surface area (Å²) in [5.74, 6) is -2.28. The second-order valence-corrected chi connectivity index (χ2v) is 5.64. The summed E-state index contributed by atoms with van der Waals surface area (Å²) in [5.41, 5.74) is -2.67. The van der Waals surface area contributed by atoms with Crippen LogP contribution in [0.4, 0.5) is 4.79 Å². The molecule has 0 radical (unpaired) electrons. The number of amides is 1. The van der Waals surface area contributed by atoms with E-state index in [4.69, 9.17) is 9.47 Å². The minimum Gasteiger partial charge on any atom is -0.546 e. The fraction of sp³-hybridized carbons (Fsp3) is 0.769. The van der Waals surface area contributed by atoms with Gasteiger partial charge < -0.3 is 19.4 Å². The number of carboxylic acids is 1. The fourth-order valence-electron chi connectivity index (χ4n) is 1.89. The highest BCUT2D eigenvalue weighted by atomic mass is 16.6. The van der Waals surface area contributed by atoms with Gasteiger partial charge in [0.2, 0.25) is 0 Å². The summed E-state index contributed by atoms with van der Waals surface area (Å²) in [5, 5.41) is 11.2. The van der Waals surface area contributed by atoms with Crippen LogP contribution in [-0.2, 0) is 19.1 Å². The minimum absolute atomic E-state index is 0.0453. The van der Waals surface area contributed by atoms with Crippen molar-refractivity contribution in [3.8, 4) is 0 Å². The predicted octanol–water partition coefficient (Wildman–Crippen LogP) is -0.278. The Morgan fingerprint density at radius 1 is 1.45 bits per heavy atom. The van der Waals surface area contributed by atoms with E-state index in [0.29, 0.717) is 0 Å². The lowest BCUT2D eigenvalue weighted by Gasteiger charge is -2.30. The van der Waals surface area contributed by atoms with E-state index in [0.717, 1.165) is 4.90 Å². The zero-order chi connectivity index (χ0) is 15.6. The highest BCUT2D eigenvalue weighted by Gasteiger charge is 2.43. The lowest BCUT2D eigenvalue weighted by atomic mass is 9.95. The molecule has 0 aromatic heterocycles. The first-order valence-corrected chi connectivity index (χ1v) is 6.49. The first-order chi connectivity index (χ1) is 9.12. The van der Waals surface area contributed by atoms with Gasteiger partial charge in [0.15, 0.2) is 11.4 Å². The van der Waals surface area contributed by atoms with Crippen LogP contribution in [0, 0.1) is 0 Å². The number of ketones is 1. The molecule has 0 spiro atoms. The van der Waals surface area contributed by atoms with Crippen LogP contribution in [-0.4, -0.2) is 53.6 Å². The number of hydrogen-bond acceptors (Lipinski definition) is 6. The second-order valence-electron chi connectivity index (χ2n) is 5.64. The number of hydrogen-bond donors (Lipinski definition) is 0. The smallest absolute Gasteiger partial charge is 0.410 e. The molecule has 20 heavy (non-hydrogen) atoms. The Morgan fingerprint density at radius 2 is 2.05 bits per heavy atom. The predicted molar refractivity (Wildman–Crippen MR) is 66.8 cm³/mol. The van der Waals surface area contributed by atoms with E-state index in [1.807, 2.05) is 0 Å². The van der Waals surface area contributed by atoms with Crippen LogP contribution >= 0.6 is 0 Å². The molecule has 1 fully saturated rings. The Balaban J connectivity index is 2.87. The average molecular weight is 286 g/mol. The van der Waals surface area contributed by atoms with Crippen LogP contribution in [0.3, 0.4) is 0 Å². The average Bonchev–Trinajstić information content (AvgIpc) is 2.46. The van der Waals surface area contributed by atoms with E-state index in [2.05, 4.69) is 0 Å². The van der Waals surface area contributed by atoms with Gasteiger partial charge in [-0.15, -0.1) is 0 Å². The summed E-state index contributed by atoms with van der Waals surface area (Å²) < 4.78 is 10.3. The van der Waals surface area contributed by atoms with Gasteiger partial charge in [-0.1, -0.05) is 6.92 Å². The van der Waals surface area contributed by atoms with Crippen LogP contribution in [0.2, 0.25) is 0 Å². The number of carboxylic acid groups (broad SMARTS) is 1. The zero-order valence-corrected chi connectivity index (χ0v) is 12.2. The molecule has 1 saturated heterocycles. The summed E-state index contributed by atoms with van der Waals surface area (Å²) >= 11 is 0. The molecule has 1 aliphatic rings. The van der Waals surface area contributed by atoms with Gasteiger partial charge in [-0.25, -0.2) is 4.79 Å². The van der Waals surface area contributed by atoms with Gasteiger partial charge in [0.1, 0.15) is 5.60 Å². The van der Waals surface area contributed by atoms with E-state index < -0.39 is 29.0 Å². The Bertz CT molecular complexity index is 414. The van der Waals surface area contributed by atoms with Gasteiger partial charge in [-0.05, 0) is 27.2 Å². The van der Waals surface area contributed by atoms with Gasteiger partial charge in [0.05, 0.1) is 19.1 Å². The number of Topliss-reactive ketones (excluding diaryl/α,β-unsaturated/α-hetero) is 1. The maximum absolute atomic E-state index is 12.1. The van der Waals surface area contributed by atoms with Crippen LogP contribution in [0.15, 0.2) is 0 Å². The number of aliphatic carboxylic acids is 1. The molecule has 0 N–H and O–H groups in total. The number of carbonyl (C=O) groups is 3. The van der Waals surface area contributed by atoms with Crippen molar-refractivity contribution in [2.45, 2.75) is 45.3 Å². The van der Waals surface area contributed by atoms with Gasteiger partial charge in [-0.3, -0.25) is 9.69 Å². The third-order valence-corrected chi connectivity index (χ3v) is 2.97. The fourth-order valence-corrected chi connectivity index (χ4v) is 1.89. The van der Waals surface area contributed by atoms with Gasteiger partial charge in [0.25, 0.3) is 0 Å². The molecule has 7 nitrogen and oxygen atoms in total. The second kappa shape index (κ2) is 5.78. The molecule has 1 unspecified atom stereocenters. The lowest BCUT2D eigenvalue weighted by molar-refractivity contribution is -0.324. The molecule has 0 bridgehead atoms. The summed E-state index contributed by atoms with van der Waals surface area (Å²) in [4.78, 5) is 36.3. The van der Waals surface area contributed by atoms with Crippen molar-refractivity contribution in [2.75, 3.05) is 19.7 Å². The summed E-state index contributed by atoms with van der Waals surface area (Å²) in [7, 11) is 0. The quantitative estimate of drug-likeness (QED) is 0.648. The van der Waals surface area contributed by atoms with E-state index in [1.54, 1.807) is 20.8 Å². The number of carbonyl (C=O) groups excluding carboxylic acids is 3. The maximum atomic E-state index is 12.1. The Labute approximate surface area is 117 Å². The molecule has 0 saturated carbocycles. The van der Waals surface area contributed by atoms with Crippen LogP contribution in [0.5, 0.6) is 0 Å². The lowest BCUT2D eigenvalue weighted by Crippen LogP contribution is -2.56. The molecule has 0 aromatic rings. The highest BCUT2D eigenvalue weighted by molar-refractivity contribution is 6.07. The third kappa shape index (κ3) is 3.47. The van der Waals surface area contributed by atoms with Crippen molar-refractivity contribution in [2.24, 2.45) is 0 Å². The normalized spacial score (nSPS) is 24.2. The molecule has 114 valence electrons. The van der Waals surface area contributed by atoms with Gasteiger partial charge in [0, 0.05) is 6.54 Å². The minimum atomic E-state index is -1.98. The van der Waals surface area contributed by atoms with Crippen molar-refractivity contribution in [1.82, 2.24) is 4.90 Å². The molecule has 7 heteroatoms. The van der Waals surface area contributed by atoms with E-state index in [1.165, 1.54) is 6.92 Å². The largest absolute Gasteiger partial charge is 0.546 e. The van der Waals surface area contributed by atoms with Gasteiger partial charge >= 0.3 is 6.09 Å². The van der Waals surface area contributed by atoms with Crippen molar-refractivity contribution in [3.63, 3.8) is 0 Å². The van der Waals surface area contributed by atoms with Crippen molar-refractivity contribution < 1.29 is 29.0 Å².